The second kappa shape index (κ2) is 6.24. The number of hydrogen-bond donors (Lipinski definition) is 2. The Morgan fingerprint density at radius 2 is 1.78 bits per heavy atom. The molecule has 1 aromatic heterocycles. The number of aryl methyl sites for hydroxylation is 1. The molecular weight excluding hydrogens is 294 g/mol. The molecule has 1 fully saturated rings. The highest BCUT2D eigenvalue weighted by Crippen LogP contribution is 2.34. The van der Waals surface area contributed by atoms with E-state index in [9.17, 15) is 9.59 Å². The highest BCUT2D eigenvalue weighted by atomic mass is 16.4. The molecule has 2 N–H and O–H groups in total. The van der Waals surface area contributed by atoms with Gasteiger partial charge >= 0.3 is 5.97 Å². The molecule has 23 heavy (non-hydrogen) atoms. The minimum absolute atomic E-state index is 0.158. The van der Waals surface area contributed by atoms with E-state index < -0.39 is 5.97 Å². The molecule has 0 radical (unpaired) electrons. The van der Waals surface area contributed by atoms with Crippen LogP contribution >= 0.6 is 0 Å². The van der Waals surface area contributed by atoms with Crippen molar-refractivity contribution in [1.29, 1.82) is 0 Å². The van der Waals surface area contributed by atoms with E-state index in [1.54, 1.807) is 4.68 Å². The van der Waals surface area contributed by atoms with Crippen LogP contribution in [0.15, 0.2) is 30.3 Å². The highest BCUT2D eigenvalue weighted by Gasteiger charge is 2.21. The van der Waals surface area contributed by atoms with Crippen molar-refractivity contribution in [3.63, 3.8) is 0 Å². The molecule has 0 aliphatic heterocycles. The highest BCUT2D eigenvalue weighted by molar-refractivity contribution is 6.04. The lowest BCUT2D eigenvalue weighted by Gasteiger charge is -2.05. The summed E-state index contributed by atoms with van der Waals surface area (Å²) >= 11 is 0. The molecule has 6 nitrogen and oxygen atoms in total. The summed E-state index contributed by atoms with van der Waals surface area (Å²) in [5.41, 5.74) is 1.60. The standard InChI is InChI=1S/C17H19N3O3/c1-20-15(10-14(19-20)11-4-2-3-5-11)18-16(21)12-6-8-13(9-7-12)17(22)23/h6-11H,2-5H2,1H3,(H,18,21)(H,22,23). The van der Waals surface area contributed by atoms with E-state index in [1.807, 2.05) is 13.1 Å². The number of rotatable bonds is 4. The molecule has 1 amide bonds. The van der Waals surface area contributed by atoms with E-state index in [4.69, 9.17) is 5.11 Å². The maximum absolute atomic E-state index is 12.3. The lowest BCUT2D eigenvalue weighted by atomic mass is 10.0. The van der Waals surface area contributed by atoms with Crippen molar-refractivity contribution in [2.75, 3.05) is 5.32 Å². The van der Waals surface area contributed by atoms with Crippen LogP contribution in [-0.2, 0) is 7.05 Å². The molecule has 1 aliphatic rings. The van der Waals surface area contributed by atoms with Crippen LogP contribution in [0.2, 0.25) is 0 Å². The fourth-order valence-electron chi connectivity index (χ4n) is 2.98. The number of amides is 1. The van der Waals surface area contributed by atoms with Gasteiger partial charge in [-0.05, 0) is 37.1 Å². The second-order valence-corrected chi connectivity index (χ2v) is 5.90. The number of anilines is 1. The van der Waals surface area contributed by atoms with E-state index in [0.29, 0.717) is 17.3 Å². The number of carbonyl (C=O) groups excluding carboxylic acids is 1. The van der Waals surface area contributed by atoms with Gasteiger partial charge in [0.05, 0.1) is 11.3 Å². The Kier molecular flexibility index (Phi) is 4.14. The van der Waals surface area contributed by atoms with Gasteiger partial charge in [0, 0.05) is 24.6 Å². The number of carbonyl (C=O) groups is 2. The van der Waals surface area contributed by atoms with Crippen molar-refractivity contribution in [2.45, 2.75) is 31.6 Å². The Labute approximate surface area is 134 Å². The SMILES string of the molecule is Cn1nc(C2CCCC2)cc1NC(=O)c1ccc(C(=O)O)cc1. The first kappa shape index (κ1) is 15.3. The lowest BCUT2D eigenvalue weighted by molar-refractivity contribution is 0.0696. The van der Waals surface area contributed by atoms with Crippen molar-refractivity contribution in [3.8, 4) is 0 Å². The number of aromatic carboxylic acids is 1. The summed E-state index contributed by atoms with van der Waals surface area (Å²) in [6.07, 6.45) is 4.78. The van der Waals surface area contributed by atoms with Gasteiger partial charge in [0.15, 0.2) is 0 Å². The first-order valence-corrected chi connectivity index (χ1v) is 7.73. The summed E-state index contributed by atoms with van der Waals surface area (Å²) in [5, 5.41) is 16.2. The van der Waals surface area contributed by atoms with Crippen molar-refractivity contribution in [2.24, 2.45) is 7.05 Å². The molecule has 1 aliphatic carbocycles. The quantitative estimate of drug-likeness (QED) is 0.908. The summed E-state index contributed by atoms with van der Waals surface area (Å²) in [5.74, 6) is -0.145. The summed E-state index contributed by atoms with van der Waals surface area (Å²) in [4.78, 5) is 23.1. The van der Waals surface area contributed by atoms with Crippen LogP contribution in [0.25, 0.3) is 0 Å². The van der Waals surface area contributed by atoms with Crippen LogP contribution in [-0.4, -0.2) is 26.8 Å². The van der Waals surface area contributed by atoms with E-state index in [-0.39, 0.29) is 11.5 Å². The Hall–Kier alpha value is -2.63. The van der Waals surface area contributed by atoms with Crippen LogP contribution in [0.1, 0.15) is 58.0 Å². The van der Waals surface area contributed by atoms with Gasteiger partial charge in [0.25, 0.3) is 5.91 Å². The zero-order valence-electron chi connectivity index (χ0n) is 13.0. The Morgan fingerprint density at radius 1 is 1.17 bits per heavy atom. The molecule has 0 spiro atoms. The summed E-state index contributed by atoms with van der Waals surface area (Å²) in [6, 6.07) is 7.79. The third-order valence-corrected chi connectivity index (χ3v) is 4.31. The monoisotopic (exact) mass is 313 g/mol. The van der Waals surface area contributed by atoms with Crippen molar-refractivity contribution < 1.29 is 14.7 Å². The van der Waals surface area contributed by atoms with E-state index in [0.717, 1.165) is 18.5 Å². The fraction of sp³-hybridized carbons (Fsp3) is 0.353. The Balaban J connectivity index is 1.73. The van der Waals surface area contributed by atoms with Crippen LogP contribution in [0, 0.1) is 0 Å². The van der Waals surface area contributed by atoms with Gasteiger partial charge in [-0.1, -0.05) is 12.8 Å². The average Bonchev–Trinajstić information content (AvgIpc) is 3.18. The second-order valence-electron chi connectivity index (χ2n) is 5.90. The van der Waals surface area contributed by atoms with Crippen LogP contribution in [0.3, 0.4) is 0 Å². The minimum atomic E-state index is -1.01. The molecule has 1 heterocycles. The third-order valence-electron chi connectivity index (χ3n) is 4.31. The van der Waals surface area contributed by atoms with Gasteiger partial charge in [0.1, 0.15) is 5.82 Å². The topological polar surface area (TPSA) is 84.2 Å². The molecule has 0 saturated heterocycles. The zero-order valence-corrected chi connectivity index (χ0v) is 13.0. The maximum atomic E-state index is 12.3. The zero-order chi connectivity index (χ0) is 16.4. The normalized spacial score (nSPS) is 14.8. The first-order valence-electron chi connectivity index (χ1n) is 7.73. The smallest absolute Gasteiger partial charge is 0.335 e. The van der Waals surface area contributed by atoms with Gasteiger partial charge in [-0.3, -0.25) is 9.48 Å². The fourth-order valence-corrected chi connectivity index (χ4v) is 2.98. The molecule has 0 unspecified atom stereocenters. The Morgan fingerprint density at radius 3 is 2.39 bits per heavy atom. The Bertz CT molecular complexity index is 728. The molecule has 3 rings (SSSR count). The van der Waals surface area contributed by atoms with Gasteiger partial charge < -0.3 is 10.4 Å². The molecule has 1 aromatic carbocycles. The van der Waals surface area contributed by atoms with E-state index in [2.05, 4.69) is 10.4 Å². The molecule has 1 saturated carbocycles. The van der Waals surface area contributed by atoms with Gasteiger partial charge in [-0.2, -0.15) is 5.10 Å². The summed E-state index contributed by atoms with van der Waals surface area (Å²) in [6.45, 7) is 0. The van der Waals surface area contributed by atoms with Crippen LogP contribution in [0.4, 0.5) is 5.82 Å². The number of carboxylic acids is 1. The number of nitrogens with one attached hydrogen (secondary N) is 1. The molecule has 120 valence electrons. The number of carboxylic acid groups (broad SMARTS) is 1. The molecule has 0 bridgehead atoms. The number of nitrogens with zero attached hydrogens (tertiary/aromatic N) is 2. The van der Waals surface area contributed by atoms with Crippen LogP contribution < -0.4 is 5.32 Å². The third kappa shape index (κ3) is 3.26. The average molecular weight is 313 g/mol. The van der Waals surface area contributed by atoms with Crippen LogP contribution in [0.5, 0.6) is 0 Å². The minimum Gasteiger partial charge on any atom is -0.478 e. The van der Waals surface area contributed by atoms with Gasteiger partial charge in [0.2, 0.25) is 0 Å². The number of hydrogen-bond acceptors (Lipinski definition) is 3. The molecule has 2 aromatic rings. The van der Waals surface area contributed by atoms with Crippen molar-refractivity contribution in [3.05, 3.63) is 47.2 Å². The number of aromatic nitrogens is 2. The summed E-state index contributed by atoms with van der Waals surface area (Å²) in [7, 11) is 1.81. The lowest BCUT2D eigenvalue weighted by Crippen LogP contribution is -2.14. The first-order chi connectivity index (χ1) is 11.0. The number of benzene rings is 1. The van der Waals surface area contributed by atoms with E-state index >= 15 is 0 Å². The predicted octanol–water partition coefficient (Wildman–Crippen LogP) is 3.03. The van der Waals surface area contributed by atoms with Gasteiger partial charge in [-0.25, -0.2) is 4.79 Å². The molecular formula is C17H19N3O3. The summed E-state index contributed by atoms with van der Waals surface area (Å²) < 4.78 is 1.68. The maximum Gasteiger partial charge on any atom is 0.335 e. The van der Waals surface area contributed by atoms with Crippen molar-refractivity contribution in [1.82, 2.24) is 9.78 Å². The molecule has 6 heteroatoms. The predicted molar refractivity (Wildman–Crippen MR) is 85.8 cm³/mol. The largest absolute Gasteiger partial charge is 0.478 e. The molecule has 0 atom stereocenters. The van der Waals surface area contributed by atoms with Crippen molar-refractivity contribution >= 4 is 17.7 Å². The van der Waals surface area contributed by atoms with Gasteiger partial charge in [-0.15, -0.1) is 0 Å². The van der Waals surface area contributed by atoms with E-state index in [1.165, 1.54) is 37.1 Å².